The van der Waals surface area contributed by atoms with Gasteiger partial charge in [-0.2, -0.15) is 0 Å². The number of hydrogen-bond acceptors (Lipinski definition) is 8. The van der Waals surface area contributed by atoms with Gasteiger partial charge in [0.25, 0.3) is 0 Å². The molecule has 1 unspecified atom stereocenters. The Hall–Kier alpha value is -3.53. The molecule has 3 aliphatic carbocycles. The molecule has 3 aromatic rings. The lowest BCUT2D eigenvalue weighted by Gasteiger charge is -2.47. The van der Waals surface area contributed by atoms with Crippen molar-refractivity contribution in [3.8, 4) is 17.2 Å². The third-order valence-electron chi connectivity index (χ3n) is 13.7. The van der Waals surface area contributed by atoms with Crippen LogP contribution in [0.15, 0.2) is 48.7 Å². The SMILES string of the molecule is COC[C@H]1CCCN1CC1COc2cc3c(cc2OC1)C1(CCC(Nc2cccc(Cl)c2)(C(=O)O)CC1)[C@@H](C[C@@H](C)COc1ccnc2c1[C@H](C)CCC2)C3. The van der Waals surface area contributed by atoms with Crippen LogP contribution in [0.5, 0.6) is 17.2 Å². The van der Waals surface area contributed by atoms with Crippen LogP contribution in [-0.4, -0.2) is 79.2 Å². The fourth-order valence-corrected chi connectivity index (χ4v) is 10.9. The van der Waals surface area contributed by atoms with E-state index in [0.717, 1.165) is 74.7 Å². The minimum atomic E-state index is -1.08. The average Bonchev–Trinajstić information content (AvgIpc) is 3.65. The zero-order chi connectivity index (χ0) is 38.2. The van der Waals surface area contributed by atoms with Crippen LogP contribution in [0, 0.1) is 17.8 Å². The number of halogens is 1. The van der Waals surface area contributed by atoms with Gasteiger partial charge < -0.3 is 29.4 Å². The van der Waals surface area contributed by atoms with Crippen LogP contribution in [0.3, 0.4) is 0 Å². The van der Waals surface area contributed by atoms with Gasteiger partial charge in [-0.25, -0.2) is 4.79 Å². The fourth-order valence-electron chi connectivity index (χ4n) is 10.8. The number of nitrogens with one attached hydrogen (secondary N) is 1. The standard InChI is InChI=1S/C45H58ClN3O6/c1-29(25-53-39-12-17-47-38-11-4-7-30(2)42(38)39)19-33-20-32-21-40-41(55-27-31(26-54-40)24-49-18-6-10-36(49)28-52-3)23-37(32)44(33)13-15-45(16-14-44,43(50)51)48-35-9-5-8-34(46)22-35/h5,8-9,12,17,21-23,29-31,33,36,48H,4,6-7,10-11,13-16,18-20,24-28H2,1-3H3,(H,50,51)/t29-,30-,31?,33+,36-,44?,45?/m1/s1. The lowest BCUT2D eigenvalue weighted by molar-refractivity contribution is -0.144. The van der Waals surface area contributed by atoms with E-state index in [1.165, 1.54) is 48.1 Å². The van der Waals surface area contributed by atoms with E-state index in [9.17, 15) is 9.90 Å². The Kier molecular flexibility index (Phi) is 11.3. The Bertz CT molecular complexity index is 1840. The summed E-state index contributed by atoms with van der Waals surface area (Å²) >= 11 is 6.33. The van der Waals surface area contributed by atoms with Crippen molar-refractivity contribution in [1.29, 1.82) is 0 Å². The smallest absolute Gasteiger partial charge is 0.329 e. The number of methoxy groups -OCH3 is 1. The highest BCUT2D eigenvalue weighted by atomic mass is 35.5. The number of ether oxygens (including phenoxy) is 4. The molecule has 296 valence electrons. The van der Waals surface area contributed by atoms with Crippen molar-refractivity contribution in [3.63, 3.8) is 0 Å². The zero-order valence-corrected chi connectivity index (χ0v) is 33.5. The molecule has 2 aliphatic heterocycles. The Labute approximate surface area is 331 Å². The first-order valence-corrected chi connectivity index (χ1v) is 21.1. The minimum absolute atomic E-state index is 0.185. The number of hydrogen-bond donors (Lipinski definition) is 2. The van der Waals surface area contributed by atoms with Gasteiger partial charge in [-0.05, 0) is 148 Å². The topological polar surface area (TPSA) is 102 Å². The summed E-state index contributed by atoms with van der Waals surface area (Å²) in [5.74, 6) is 3.16. The van der Waals surface area contributed by atoms with Gasteiger partial charge in [-0.1, -0.05) is 31.5 Å². The zero-order valence-electron chi connectivity index (χ0n) is 32.8. The van der Waals surface area contributed by atoms with Crippen molar-refractivity contribution in [2.45, 2.75) is 107 Å². The number of likely N-dealkylation sites (tertiary alicyclic amines) is 1. The first kappa shape index (κ1) is 38.3. The maximum Gasteiger partial charge on any atom is 0.329 e. The van der Waals surface area contributed by atoms with Gasteiger partial charge in [0, 0.05) is 53.8 Å². The first-order valence-electron chi connectivity index (χ1n) is 20.7. The average molecular weight is 772 g/mol. The number of carbonyl (C=O) groups is 1. The number of benzene rings is 2. The highest BCUT2D eigenvalue weighted by Gasteiger charge is 2.54. The van der Waals surface area contributed by atoms with Gasteiger partial charge >= 0.3 is 5.97 Å². The molecule has 0 bridgehead atoms. The van der Waals surface area contributed by atoms with E-state index in [-0.39, 0.29) is 11.3 Å². The molecule has 5 atom stereocenters. The summed E-state index contributed by atoms with van der Waals surface area (Å²) in [4.78, 5) is 20.3. The van der Waals surface area contributed by atoms with Crippen molar-refractivity contribution in [2.75, 3.05) is 51.9 Å². The molecule has 1 spiro atoms. The molecule has 10 heteroatoms. The first-order chi connectivity index (χ1) is 26.7. The highest BCUT2D eigenvalue weighted by molar-refractivity contribution is 6.30. The van der Waals surface area contributed by atoms with Gasteiger partial charge in [0.1, 0.15) is 11.3 Å². The molecule has 5 aliphatic rings. The maximum atomic E-state index is 13.1. The predicted molar refractivity (Wildman–Crippen MR) is 215 cm³/mol. The summed E-state index contributed by atoms with van der Waals surface area (Å²) in [6.45, 7) is 9.25. The summed E-state index contributed by atoms with van der Waals surface area (Å²) in [5, 5.41) is 14.7. The quantitative estimate of drug-likeness (QED) is 0.187. The number of rotatable bonds is 12. The molecule has 0 amide bonds. The summed E-state index contributed by atoms with van der Waals surface area (Å²) < 4.78 is 25.3. The second-order valence-corrected chi connectivity index (χ2v) is 17.8. The van der Waals surface area contributed by atoms with Crippen molar-refractivity contribution in [2.24, 2.45) is 17.8 Å². The summed E-state index contributed by atoms with van der Waals surface area (Å²) in [6, 6.07) is 14.4. The van der Waals surface area contributed by atoms with E-state index in [1.54, 1.807) is 7.11 Å². The molecule has 1 saturated carbocycles. The molecule has 3 heterocycles. The van der Waals surface area contributed by atoms with Crippen LogP contribution in [0.4, 0.5) is 5.69 Å². The number of anilines is 1. The number of nitrogens with zero attached hydrogens (tertiary/aromatic N) is 2. The predicted octanol–water partition coefficient (Wildman–Crippen LogP) is 8.70. The van der Waals surface area contributed by atoms with E-state index in [0.29, 0.717) is 61.5 Å². The van der Waals surface area contributed by atoms with E-state index in [1.807, 2.05) is 36.5 Å². The van der Waals surface area contributed by atoms with Crippen LogP contribution in [-0.2, 0) is 27.8 Å². The monoisotopic (exact) mass is 771 g/mol. The Morgan fingerprint density at radius 1 is 1.09 bits per heavy atom. The third kappa shape index (κ3) is 7.78. The van der Waals surface area contributed by atoms with Crippen molar-refractivity contribution in [3.05, 3.63) is 76.1 Å². The lowest BCUT2D eigenvalue weighted by atomic mass is 9.59. The van der Waals surface area contributed by atoms with Crippen molar-refractivity contribution < 1.29 is 28.8 Å². The Morgan fingerprint density at radius 2 is 1.89 bits per heavy atom. The van der Waals surface area contributed by atoms with Gasteiger partial charge in [-0.15, -0.1) is 0 Å². The molecule has 0 radical (unpaired) electrons. The molecule has 55 heavy (non-hydrogen) atoms. The summed E-state index contributed by atoms with van der Waals surface area (Å²) in [7, 11) is 1.79. The van der Waals surface area contributed by atoms with Crippen LogP contribution < -0.4 is 19.5 Å². The largest absolute Gasteiger partial charge is 0.493 e. The Balaban J connectivity index is 1.03. The van der Waals surface area contributed by atoms with E-state index in [4.69, 9.17) is 30.5 Å². The van der Waals surface area contributed by atoms with Crippen molar-refractivity contribution >= 4 is 23.3 Å². The highest BCUT2D eigenvalue weighted by Crippen LogP contribution is 2.58. The number of pyridine rings is 1. The van der Waals surface area contributed by atoms with Crippen LogP contribution >= 0.6 is 11.6 Å². The third-order valence-corrected chi connectivity index (χ3v) is 13.9. The second kappa shape index (κ2) is 16.1. The summed E-state index contributed by atoms with van der Waals surface area (Å²) in [5.41, 5.74) is 4.56. The van der Waals surface area contributed by atoms with Gasteiger partial charge in [0.05, 0.1) is 26.4 Å². The number of carboxylic acid groups (broad SMARTS) is 1. The number of fused-ring (bicyclic) bond motifs is 4. The molecule has 8 rings (SSSR count). The summed E-state index contributed by atoms with van der Waals surface area (Å²) in [6.07, 6.45) is 12.1. The number of carboxylic acids is 1. The van der Waals surface area contributed by atoms with E-state index < -0.39 is 11.5 Å². The number of aryl methyl sites for hydroxylation is 1. The molecule has 1 saturated heterocycles. The fraction of sp³-hybridized carbons (Fsp3) is 0.600. The van der Waals surface area contributed by atoms with Gasteiger partial charge in [0.15, 0.2) is 11.5 Å². The van der Waals surface area contributed by atoms with Gasteiger partial charge in [-0.3, -0.25) is 9.88 Å². The molecular formula is C45H58ClN3O6. The molecule has 1 aromatic heterocycles. The van der Waals surface area contributed by atoms with Gasteiger partial charge in [0.2, 0.25) is 0 Å². The molecule has 2 N–H and O–H groups in total. The van der Waals surface area contributed by atoms with Crippen LogP contribution in [0.1, 0.15) is 99.9 Å². The van der Waals surface area contributed by atoms with E-state index in [2.05, 4.69) is 41.2 Å². The molecule has 2 aromatic carbocycles. The number of aliphatic carboxylic acids is 1. The number of aromatic nitrogens is 1. The maximum absolute atomic E-state index is 13.1. The normalized spacial score (nSPS) is 29.3. The Morgan fingerprint density at radius 3 is 2.65 bits per heavy atom. The van der Waals surface area contributed by atoms with E-state index >= 15 is 0 Å². The van der Waals surface area contributed by atoms with Crippen molar-refractivity contribution in [1.82, 2.24) is 9.88 Å². The van der Waals surface area contributed by atoms with Crippen LogP contribution in [0.2, 0.25) is 5.02 Å². The van der Waals surface area contributed by atoms with Crippen LogP contribution in [0.25, 0.3) is 0 Å². The second-order valence-electron chi connectivity index (χ2n) is 17.4. The lowest BCUT2D eigenvalue weighted by Crippen LogP contribution is -2.53. The molecular weight excluding hydrogens is 714 g/mol. The minimum Gasteiger partial charge on any atom is -0.493 e. The molecule has 2 fully saturated rings. The molecule has 9 nitrogen and oxygen atoms in total.